The third-order valence-corrected chi connectivity index (χ3v) is 4.02. The number of methoxy groups -OCH3 is 1. The van der Waals surface area contributed by atoms with Gasteiger partial charge in [0.05, 0.1) is 19.3 Å². The molecule has 1 unspecified atom stereocenters. The maximum absolute atomic E-state index is 9.69. The van der Waals surface area contributed by atoms with E-state index in [-0.39, 0.29) is 11.9 Å². The van der Waals surface area contributed by atoms with E-state index >= 15 is 0 Å². The van der Waals surface area contributed by atoms with Crippen LogP contribution in [0.3, 0.4) is 0 Å². The van der Waals surface area contributed by atoms with E-state index in [9.17, 15) is 5.11 Å². The summed E-state index contributed by atoms with van der Waals surface area (Å²) in [5, 5.41) is 9.69. The van der Waals surface area contributed by atoms with Crippen molar-refractivity contribution >= 4 is 5.69 Å². The second kappa shape index (κ2) is 6.18. The maximum Gasteiger partial charge on any atom is 0.146 e. The number of phenolic OH excluding ortho intramolecular Hbond substituents is 1. The molecule has 4 heteroatoms. The van der Waals surface area contributed by atoms with E-state index in [1.165, 1.54) is 0 Å². The number of nitrogens with zero attached hydrogens (tertiary/aromatic N) is 1. The van der Waals surface area contributed by atoms with Crippen molar-refractivity contribution in [1.82, 2.24) is 0 Å². The van der Waals surface area contributed by atoms with Crippen molar-refractivity contribution in [2.45, 2.75) is 19.4 Å². The molecule has 0 amide bonds. The van der Waals surface area contributed by atoms with Crippen LogP contribution in [0.15, 0.2) is 42.5 Å². The number of rotatable bonds is 4. The van der Waals surface area contributed by atoms with Gasteiger partial charge in [-0.05, 0) is 30.7 Å². The molecule has 0 spiro atoms. The average molecular weight is 299 g/mol. The molecule has 1 atom stereocenters. The number of aromatic hydroxyl groups is 1. The Kier molecular flexibility index (Phi) is 4.09. The zero-order valence-electron chi connectivity index (χ0n) is 13.0. The van der Waals surface area contributed by atoms with Crippen LogP contribution >= 0.6 is 0 Å². The van der Waals surface area contributed by atoms with Crippen molar-refractivity contribution in [2.75, 3.05) is 25.1 Å². The lowest BCUT2D eigenvalue weighted by Gasteiger charge is -2.36. The predicted molar refractivity (Wildman–Crippen MR) is 87.1 cm³/mol. The fraction of sp³-hybridized carbons (Fsp3) is 0.333. The fourth-order valence-corrected chi connectivity index (χ4v) is 2.94. The summed E-state index contributed by atoms with van der Waals surface area (Å²) in [4.78, 5) is 2.28. The summed E-state index contributed by atoms with van der Waals surface area (Å²) in [5.74, 6) is 1.86. The Hall–Kier alpha value is -2.36. The van der Waals surface area contributed by atoms with Crippen LogP contribution in [0.2, 0.25) is 0 Å². The molecular formula is C18H21NO3. The SMILES string of the molecule is CCN1CC(Cc2ccccc2OC)Oc2cc(O)ccc21. The van der Waals surface area contributed by atoms with Gasteiger partial charge in [-0.2, -0.15) is 0 Å². The van der Waals surface area contributed by atoms with Crippen molar-refractivity contribution in [2.24, 2.45) is 0 Å². The van der Waals surface area contributed by atoms with Crippen LogP contribution in [-0.4, -0.2) is 31.4 Å². The van der Waals surface area contributed by atoms with Crippen molar-refractivity contribution in [1.29, 1.82) is 0 Å². The van der Waals surface area contributed by atoms with Crippen LogP contribution in [0.1, 0.15) is 12.5 Å². The predicted octanol–water partition coefficient (Wildman–Crippen LogP) is 3.23. The van der Waals surface area contributed by atoms with Crippen molar-refractivity contribution in [3.05, 3.63) is 48.0 Å². The van der Waals surface area contributed by atoms with E-state index in [0.717, 1.165) is 42.3 Å². The van der Waals surface area contributed by atoms with E-state index in [1.807, 2.05) is 24.3 Å². The number of benzene rings is 2. The Morgan fingerprint density at radius 3 is 2.86 bits per heavy atom. The molecule has 1 N–H and O–H groups in total. The first-order valence-corrected chi connectivity index (χ1v) is 7.57. The lowest BCUT2D eigenvalue weighted by Crippen LogP contribution is -2.41. The van der Waals surface area contributed by atoms with E-state index in [4.69, 9.17) is 9.47 Å². The first-order valence-electron chi connectivity index (χ1n) is 7.57. The summed E-state index contributed by atoms with van der Waals surface area (Å²) >= 11 is 0. The molecule has 4 nitrogen and oxygen atoms in total. The van der Waals surface area contributed by atoms with Gasteiger partial charge in [-0.25, -0.2) is 0 Å². The number of likely N-dealkylation sites (N-methyl/N-ethyl adjacent to an activating group) is 1. The lowest BCUT2D eigenvalue weighted by atomic mass is 10.0. The third-order valence-electron chi connectivity index (χ3n) is 4.02. The second-order valence-electron chi connectivity index (χ2n) is 5.45. The van der Waals surface area contributed by atoms with Gasteiger partial charge in [0.25, 0.3) is 0 Å². The van der Waals surface area contributed by atoms with Gasteiger partial charge in [-0.3, -0.25) is 0 Å². The highest BCUT2D eigenvalue weighted by Gasteiger charge is 2.26. The Morgan fingerprint density at radius 2 is 2.09 bits per heavy atom. The van der Waals surface area contributed by atoms with Crippen LogP contribution in [0.5, 0.6) is 17.2 Å². The Bertz CT molecular complexity index is 657. The normalized spacial score (nSPS) is 16.8. The molecular weight excluding hydrogens is 278 g/mol. The minimum atomic E-state index is 0.0329. The van der Waals surface area contributed by atoms with Crippen LogP contribution in [0.25, 0.3) is 0 Å². The molecule has 116 valence electrons. The summed E-state index contributed by atoms with van der Waals surface area (Å²) < 4.78 is 11.5. The van der Waals surface area contributed by atoms with Gasteiger partial charge >= 0.3 is 0 Å². The highest BCUT2D eigenvalue weighted by Crippen LogP contribution is 2.37. The van der Waals surface area contributed by atoms with Crippen molar-refractivity contribution < 1.29 is 14.6 Å². The molecule has 22 heavy (non-hydrogen) atoms. The summed E-state index contributed by atoms with van der Waals surface area (Å²) in [7, 11) is 1.69. The molecule has 1 aliphatic heterocycles. The van der Waals surface area contributed by atoms with Crippen LogP contribution in [0.4, 0.5) is 5.69 Å². The van der Waals surface area contributed by atoms with Gasteiger partial charge < -0.3 is 19.5 Å². The topological polar surface area (TPSA) is 41.9 Å². The van der Waals surface area contributed by atoms with Crippen molar-refractivity contribution in [3.8, 4) is 17.2 Å². The molecule has 3 rings (SSSR count). The second-order valence-corrected chi connectivity index (χ2v) is 5.45. The maximum atomic E-state index is 9.69. The molecule has 0 fully saturated rings. The molecule has 1 aliphatic rings. The Balaban J connectivity index is 1.84. The van der Waals surface area contributed by atoms with E-state index < -0.39 is 0 Å². The quantitative estimate of drug-likeness (QED) is 0.941. The van der Waals surface area contributed by atoms with E-state index in [0.29, 0.717) is 0 Å². The van der Waals surface area contributed by atoms with Crippen LogP contribution in [0, 0.1) is 0 Å². The third kappa shape index (κ3) is 2.82. The molecule has 0 bridgehead atoms. The van der Waals surface area contributed by atoms with Gasteiger partial charge in [0.2, 0.25) is 0 Å². The number of hydrogen-bond donors (Lipinski definition) is 1. The standard InChI is InChI=1S/C18H21NO3/c1-3-19-12-15(10-13-6-4-5-7-17(13)21-2)22-18-11-14(20)8-9-16(18)19/h4-9,11,15,20H,3,10,12H2,1-2H3. The van der Waals surface area contributed by atoms with E-state index in [2.05, 4.69) is 17.9 Å². The molecule has 0 aromatic heterocycles. The van der Waals surface area contributed by atoms with Crippen molar-refractivity contribution in [3.63, 3.8) is 0 Å². The lowest BCUT2D eigenvalue weighted by molar-refractivity contribution is 0.192. The minimum Gasteiger partial charge on any atom is -0.508 e. The number of phenols is 1. The molecule has 0 aliphatic carbocycles. The molecule has 0 radical (unpaired) electrons. The first kappa shape index (κ1) is 14.6. The summed E-state index contributed by atoms with van der Waals surface area (Å²) in [6.45, 7) is 3.86. The fourth-order valence-electron chi connectivity index (χ4n) is 2.94. The summed E-state index contributed by atoms with van der Waals surface area (Å²) in [6.07, 6.45) is 0.806. The Morgan fingerprint density at radius 1 is 1.27 bits per heavy atom. The number of hydrogen-bond acceptors (Lipinski definition) is 4. The van der Waals surface area contributed by atoms with E-state index in [1.54, 1.807) is 19.2 Å². The molecule has 1 heterocycles. The summed E-state index contributed by atoms with van der Waals surface area (Å²) in [5.41, 5.74) is 2.17. The zero-order chi connectivity index (χ0) is 15.5. The zero-order valence-corrected chi connectivity index (χ0v) is 13.0. The molecule has 0 saturated carbocycles. The Labute approximate surface area is 130 Å². The highest BCUT2D eigenvalue weighted by atomic mass is 16.5. The largest absolute Gasteiger partial charge is 0.508 e. The highest BCUT2D eigenvalue weighted by molar-refractivity contribution is 5.62. The van der Waals surface area contributed by atoms with Gasteiger partial charge in [-0.15, -0.1) is 0 Å². The molecule has 2 aromatic carbocycles. The number of ether oxygens (including phenoxy) is 2. The van der Waals surface area contributed by atoms with Crippen LogP contribution < -0.4 is 14.4 Å². The molecule has 0 saturated heterocycles. The molecule has 2 aromatic rings. The first-order chi connectivity index (χ1) is 10.7. The van der Waals surface area contributed by atoms with Gasteiger partial charge in [0.1, 0.15) is 23.4 Å². The minimum absolute atomic E-state index is 0.0329. The van der Waals surface area contributed by atoms with Gasteiger partial charge in [-0.1, -0.05) is 18.2 Å². The summed E-state index contributed by atoms with van der Waals surface area (Å²) in [6, 6.07) is 13.3. The number of fused-ring (bicyclic) bond motifs is 1. The number of anilines is 1. The van der Waals surface area contributed by atoms with Gasteiger partial charge in [0.15, 0.2) is 0 Å². The van der Waals surface area contributed by atoms with Gasteiger partial charge in [0, 0.05) is 19.0 Å². The smallest absolute Gasteiger partial charge is 0.146 e. The average Bonchev–Trinajstić information content (AvgIpc) is 2.54. The number of para-hydroxylation sites is 1. The van der Waals surface area contributed by atoms with Crippen LogP contribution in [-0.2, 0) is 6.42 Å². The monoisotopic (exact) mass is 299 g/mol.